The molecule has 156 valence electrons. The lowest BCUT2D eigenvalue weighted by molar-refractivity contribution is -0.157. The molecule has 3 fully saturated rings. The fourth-order valence-electron chi connectivity index (χ4n) is 4.73. The van der Waals surface area contributed by atoms with Crippen molar-refractivity contribution in [2.24, 2.45) is 35.5 Å². The molecule has 0 amide bonds. The van der Waals surface area contributed by atoms with Crippen molar-refractivity contribution < 1.29 is 38.1 Å². The van der Waals surface area contributed by atoms with Gasteiger partial charge in [-0.1, -0.05) is 24.3 Å². The Labute approximate surface area is 168 Å². The van der Waals surface area contributed by atoms with Crippen molar-refractivity contribution in [1.29, 1.82) is 0 Å². The number of ether oxygens (including phenoxy) is 4. The highest BCUT2D eigenvalue weighted by atomic mass is 16.6. The summed E-state index contributed by atoms with van der Waals surface area (Å²) in [6.07, 6.45) is 6.06. The van der Waals surface area contributed by atoms with Crippen LogP contribution in [0.1, 0.15) is 6.42 Å². The average molecular weight is 404 g/mol. The molecule has 0 radical (unpaired) electrons. The Morgan fingerprint density at radius 1 is 1.10 bits per heavy atom. The van der Waals surface area contributed by atoms with Crippen LogP contribution in [0, 0.1) is 35.5 Å². The van der Waals surface area contributed by atoms with Crippen LogP contribution in [0.4, 0.5) is 0 Å². The molecule has 0 bridgehead atoms. The average Bonchev–Trinajstić information content (AvgIpc) is 3.36. The Kier molecular flexibility index (Phi) is 6.32. The molecule has 0 aromatic rings. The van der Waals surface area contributed by atoms with Gasteiger partial charge in [-0.2, -0.15) is 0 Å². The van der Waals surface area contributed by atoms with Crippen LogP contribution in [0.3, 0.4) is 0 Å². The molecule has 8 nitrogen and oxygen atoms in total. The molecule has 3 rings (SSSR count). The number of cyclic esters (lactones) is 2. The van der Waals surface area contributed by atoms with Crippen molar-refractivity contribution in [2.45, 2.75) is 18.6 Å². The minimum atomic E-state index is -0.732. The number of methoxy groups -OCH3 is 1. The largest absolute Gasteiger partial charge is 0.469 e. The van der Waals surface area contributed by atoms with E-state index in [0.717, 1.165) is 0 Å². The molecule has 0 aromatic heterocycles. The summed E-state index contributed by atoms with van der Waals surface area (Å²) in [6, 6.07) is 0. The van der Waals surface area contributed by atoms with E-state index in [-0.39, 0.29) is 24.4 Å². The van der Waals surface area contributed by atoms with Gasteiger partial charge in [0.2, 0.25) is 0 Å². The number of hydrogen-bond acceptors (Lipinski definition) is 8. The van der Waals surface area contributed by atoms with E-state index in [1.165, 1.54) is 13.2 Å². The van der Waals surface area contributed by atoms with Gasteiger partial charge in [0.05, 0.1) is 31.8 Å². The van der Waals surface area contributed by atoms with Crippen molar-refractivity contribution in [2.75, 3.05) is 13.7 Å². The molecule has 1 aliphatic carbocycles. The highest BCUT2D eigenvalue weighted by Crippen LogP contribution is 2.45. The van der Waals surface area contributed by atoms with Gasteiger partial charge in [-0.05, 0) is 18.3 Å². The smallest absolute Gasteiger partial charge is 0.320 e. The zero-order chi connectivity index (χ0) is 21.1. The summed E-state index contributed by atoms with van der Waals surface area (Å²) in [6.45, 7) is 7.91. The van der Waals surface area contributed by atoms with Gasteiger partial charge in [0.15, 0.2) is 0 Å². The van der Waals surface area contributed by atoms with Gasteiger partial charge in [-0.15, -0.1) is 13.2 Å². The first-order chi connectivity index (χ1) is 14.0. The van der Waals surface area contributed by atoms with Crippen molar-refractivity contribution in [3.8, 4) is 0 Å². The van der Waals surface area contributed by atoms with E-state index in [2.05, 4.69) is 13.2 Å². The van der Waals surface area contributed by atoms with Crippen LogP contribution >= 0.6 is 0 Å². The first kappa shape index (κ1) is 21.0. The van der Waals surface area contributed by atoms with E-state index in [1.807, 2.05) is 6.08 Å². The molecule has 8 atom stereocenters. The third kappa shape index (κ3) is 3.76. The third-order valence-electron chi connectivity index (χ3n) is 6.08. The lowest BCUT2D eigenvalue weighted by Crippen LogP contribution is -2.30. The van der Waals surface area contributed by atoms with Crippen molar-refractivity contribution >= 4 is 24.4 Å². The van der Waals surface area contributed by atoms with E-state index in [9.17, 15) is 19.2 Å². The highest BCUT2D eigenvalue weighted by molar-refractivity contribution is 5.98. The molecule has 8 unspecified atom stereocenters. The lowest BCUT2D eigenvalue weighted by atomic mass is 9.86. The first-order valence-corrected chi connectivity index (χ1v) is 9.44. The van der Waals surface area contributed by atoms with Crippen molar-refractivity contribution in [3.63, 3.8) is 0 Å². The Morgan fingerprint density at radius 3 is 2.38 bits per heavy atom. The first-order valence-electron chi connectivity index (χ1n) is 9.44. The standard InChI is InChI=1S/C21H24O8/c1-4-11-8-12(16(19(23)26-3)13(11)9-27-10-22)6-7-15-18-17(14(5-2)28-15)20(24)29-21(18)25/h4-7,10-18H,1-2,8-9H2,3H3. The summed E-state index contributed by atoms with van der Waals surface area (Å²) in [5, 5.41) is 0. The van der Waals surface area contributed by atoms with E-state index < -0.39 is 47.9 Å². The van der Waals surface area contributed by atoms with Crippen LogP contribution < -0.4 is 0 Å². The number of carbonyl (C=O) groups excluding carboxylic acids is 4. The zero-order valence-corrected chi connectivity index (χ0v) is 16.1. The summed E-state index contributed by atoms with van der Waals surface area (Å²) in [7, 11) is 1.31. The predicted molar refractivity (Wildman–Crippen MR) is 98.9 cm³/mol. The second kappa shape index (κ2) is 8.73. The summed E-state index contributed by atoms with van der Waals surface area (Å²) in [4.78, 5) is 47.1. The van der Waals surface area contributed by atoms with Crippen LogP contribution in [-0.2, 0) is 38.1 Å². The monoisotopic (exact) mass is 404 g/mol. The molecule has 3 aliphatic rings. The summed E-state index contributed by atoms with van der Waals surface area (Å²) < 4.78 is 20.4. The maximum atomic E-state index is 12.4. The molecule has 29 heavy (non-hydrogen) atoms. The van der Waals surface area contributed by atoms with Crippen LogP contribution in [0.2, 0.25) is 0 Å². The van der Waals surface area contributed by atoms with Gasteiger partial charge in [-0.3, -0.25) is 19.2 Å². The fraction of sp³-hybridized carbons (Fsp3) is 0.524. The Hall–Kier alpha value is -2.74. The van der Waals surface area contributed by atoms with Gasteiger partial charge in [-0.25, -0.2) is 0 Å². The summed E-state index contributed by atoms with van der Waals surface area (Å²) >= 11 is 0. The summed E-state index contributed by atoms with van der Waals surface area (Å²) in [5.74, 6) is -4.15. The molecule has 2 saturated heterocycles. The molecule has 0 aromatic carbocycles. The SMILES string of the molecule is C=CC1CC(C=CC2OC(C=C)C3C(=O)OC(=O)C23)C(C(=O)OC)C1COC=O. The van der Waals surface area contributed by atoms with Crippen LogP contribution in [-0.4, -0.2) is 50.3 Å². The molecule has 2 heterocycles. The molecule has 0 N–H and O–H groups in total. The minimum Gasteiger partial charge on any atom is -0.469 e. The van der Waals surface area contributed by atoms with E-state index in [0.29, 0.717) is 12.9 Å². The number of rotatable bonds is 8. The number of hydrogen-bond donors (Lipinski definition) is 0. The van der Waals surface area contributed by atoms with Crippen LogP contribution in [0.15, 0.2) is 37.5 Å². The Morgan fingerprint density at radius 2 is 1.79 bits per heavy atom. The fourth-order valence-corrected chi connectivity index (χ4v) is 4.73. The lowest BCUT2D eigenvalue weighted by Gasteiger charge is -2.22. The van der Waals surface area contributed by atoms with Gasteiger partial charge in [0, 0.05) is 5.92 Å². The second-order valence-corrected chi connectivity index (χ2v) is 7.42. The topological polar surface area (TPSA) is 105 Å². The molecular weight excluding hydrogens is 380 g/mol. The van der Waals surface area contributed by atoms with Gasteiger partial charge in [0.1, 0.15) is 11.8 Å². The number of esters is 3. The molecule has 8 heteroatoms. The van der Waals surface area contributed by atoms with E-state index in [1.54, 1.807) is 12.2 Å². The highest BCUT2D eigenvalue weighted by Gasteiger charge is 2.57. The number of carbonyl (C=O) groups is 4. The van der Waals surface area contributed by atoms with Crippen molar-refractivity contribution in [3.05, 3.63) is 37.5 Å². The van der Waals surface area contributed by atoms with E-state index in [4.69, 9.17) is 18.9 Å². The summed E-state index contributed by atoms with van der Waals surface area (Å²) in [5.41, 5.74) is 0. The van der Waals surface area contributed by atoms with E-state index >= 15 is 0 Å². The van der Waals surface area contributed by atoms with Gasteiger partial charge in [0.25, 0.3) is 6.47 Å². The number of fused-ring (bicyclic) bond motifs is 1. The van der Waals surface area contributed by atoms with Crippen LogP contribution in [0.25, 0.3) is 0 Å². The van der Waals surface area contributed by atoms with Gasteiger partial charge >= 0.3 is 17.9 Å². The van der Waals surface area contributed by atoms with Crippen molar-refractivity contribution in [1.82, 2.24) is 0 Å². The Bertz CT molecular complexity index is 741. The quantitative estimate of drug-likeness (QED) is 0.195. The molecular formula is C21H24O8. The predicted octanol–water partition coefficient (Wildman–Crippen LogP) is 1.21. The zero-order valence-electron chi connectivity index (χ0n) is 16.1. The maximum Gasteiger partial charge on any atom is 0.320 e. The van der Waals surface area contributed by atoms with Crippen LogP contribution in [0.5, 0.6) is 0 Å². The molecule has 1 saturated carbocycles. The number of allylic oxidation sites excluding steroid dienone is 2. The second-order valence-electron chi connectivity index (χ2n) is 7.42. The molecule has 2 aliphatic heterocycles. The Balaban J connectivity index is 1.82. The van der Waals surface area contributed by atoms with Gasteiger partial charge < -0.3 is 18.9 Å². The normalized spacial score (nSPS) is 38.5. The molecule has 0 spiro atoms. The third-order valence-corrected chi connectivity index (χ3v) is 6.08. The maximum absolute atomic E-state index is 12.4. The minimum absolute atomic E-state index is 0.0510.